The van der Waals surface area contributed by atoms with Crippen molar-refractivity contribution in [2.75, 3.05) is 5.32 Å². The molecule has 0 spiro atoms. The molecular weight excluding hydrogens is 208 g/mol. The summed E-state index contributed by atoms with van der Waals surface area (Å²) in [5.74, 6) is 0.656. The van der Waals surface area contributed by atoms with Gasteiger partial charge < -0.3 is 11.1 Å². The monoisotopic (exact) mass is 232 g/mol. The van der Waals surface area contributed by atoms with Gasteiger partial charge in [0.2, 0.25) is 0 Å². The van der Waals surface area contributed by atoms with Crippen molar-refractivity contribution in [2.45, 2.75) is 57.5 Å². The molecule has 1 aliphatic carbocycles. The number of anilines is 1. The molecule has 2 nitrogen and oxygen atoms in total. The third-order valence-electron chi connectivity index (χ3n) is 3.94. The van der Waals surface area contributed by atoms with E-state index in [4.69, 9.17) is 5.73 Å². The summed E-state index contributed by atoms with van der Waals surface area (Å²) in [5.41, 5.74) is 8.58. The van der Waals surface area contributed by atoms with Crippen LogP contribution in [-0.2, 0) is 0 Å². The van der Waals surface area contributed by atoms with Gasteiger partial charge in [-0.15, -0.1) is 0 Å². The molecule has 2 heteroatoms. The molecule has 3 N–H and O–H groups in total. The molecule has 0 aromatic heterocycles. The van der Waals surface area contributed by atoms with Crippen LogP contribution < -0.4 is 11.1 Å². The van der Waals surface area contributed by atoms with Gasteiger partial charge >= 0.3 is 0 Å². The highest BCUT2D eigenvalue weighted by Gasteiger charge is 2.21. The fourth-order valence-corrected chi connectivity index (χ4v) is 2.53. The number of benzene rings is 1. The van der Waals surface area contributed by atoms with Gasteiger partial charge in [0.1, 0.15) is 0 Å². The van der Waals surface area contributed by atoms with Crippen molar-refractivity contribution in [3.05, 3.63) is 29.8 Å². The van der Waals surface area contributed by atoms with E-state index < -0.39 is 0 Å². The highest BCUT2D eigenvalue weighted by atomic mass is 14.9. The third kappa shape index (κ3) is 3.22. The number of hydrogen-bond donors (Lipinski definition) is 2. The lowest BCUT2D eigenvalue weighted by molar-refractivity contribution is 0.687. The number of nitrogens with one attached hydrogen (secondary N) is 1. The molecule has 1 fully saturated rings. The molecule has 1 aromatic carbocycles. The predicted octanol–water partition coefficient (Wildman–Crippen LogP) is 3.49. The molecule has 1 aliphatic rings. The van der Waals surface area contributed by atoms with E-state index in [1.807, 2.05) is 0 Å². The van der Waals surface area contributed by atoms with E-state index in [1.54, 1.807) is 0 Å². The zero-order valence-corrected chi connectivity index (χ0v) is 10.9. The van der Waals surface area contributed by atoms with Gasteiger partial charge in [0.05, 0.1) is 0 Å². The highest BCUT2D eigenvalue weighted by Crippen LogP contribution is 2.24. The van der Waals surface area contributed by atoms with Crippen molar-refractivity contribution in [1.29, 1.82) is 0 Å². The summed E-state index contributed by atoms with van der Waals surface area (Å²) in [7, 11) is 0. The number of nitrogens with two attached hydrogens (primary N) is 1. The van der Waals surface area contributed by atoms with Crippen LogP contribution in [0.25, 0.3) is 0 Å². The van der Waals surface area contributed by atoms with Gasteiger partial charge in [0.15, 0.2) is 0 Å². The lowest BCUT2D eigenvalue weighted by Crippen LogP contribution is -2.20. The van der Waals surface area contributed by atoms with Crippen LogP contribution in [0.4, 0.5) is 5.69 Å². The second kappa shape index (κ2) is 5.54. The van der Waals surface area contributed by atoms with Crippen molar-refractivity contribution in [2.24, 2.45) is 5.73 Å². The molecule has 1 aromatic rings. The molecule has 3 atom stereocenters. The van der Waals surface area contributed by atoms with Gasteiger partial charge in [-0.2, -0.15) is 0 Å². The predicted molar refractivity (Wildman–Crippen MR) is 74.4 cm³/mol. The minimum atomic E-state index is 0.395. The average molecular weight is 232 g/mol. The molecule has 0 amide bonds. The summed E-state index contributed by atoms with van der Waals surface area (Å²) in [6.07, 6.45) is 4.66. The topological polar surface area (TPSA) is 38.0 Å². The van der Waals surface area contributed by atoms with E-state index in [-0.39, 0.29) is 0 Å². The van der Waals surface area contributed by atoms with Crippen molar-refractivity contribution < 1.29 is 0 Å². The van der Waals surface area contributed by atoms with Crippen LogP contribution in [0.5, 0.6) is 0 Å². The first-order valence-corrected chi connectivity index (χ1v) is 6.81. The molecule has 0 aliphatic heterocycles. The van der Waals surface area contributed by atoms with Crippen LogP contribution >= 0.6 is 0 Å². The normalized spacial score (nSPS) is 25.8. The fraction of sp³-hybridized carbons (Fsp3) is 0.600. The second-order valence-electron chi connectivity index (χ2n) is 5.35. The van der Waals surface area contributed by atoms with Gasteiger partial charge in [0.25, 0.3) is 0 Å². The molecule has 0 bridgehead atoms. The van der Waals surface area contributed by atoms with Crippen LogP contribution in [0.15, 0.2) is 24.3 Å². The van der Waals surface area contributed by atoms with Gasteiger partial charge in [-0.3, -0.25) is 0 Å². The Kier molecular flexibility index (Phi) is 4.06. The molecule has 0 heterocycles. The lowest BCUT2D eigenvalue weighted by Gasteiger charge is -2.15. The van der Waals surface area contributed by atoms with Crippen LogP contribution in [-0.4, -0.2) is 12.1 Å². The maximum Gasteiger partial charge on any atom is 0.0342 e. The van der Waals surface area contributed by atoms with Gasteiger partial charge in [-0.1, -0.05) is 26.0 Å². The molecule has 17 heavy (non-hydrogen) atoms. The Morgan fingerprint density at radius 3 is 2.53 bits per heavy atom. The first kappa shape index (κ1) is 12.4. The van der Waals surface area contributed by atoms with Gasteiger partial charge in [0, 0.05) is 17.8 Å². The summed E-state index contributed by atoms with van der Waals surface area (Å²) in [6, 6.07) is 9.85. The summed E-state index contributed by atoms with van der Waals surface area (Å²) in [5, 5.41) is 3.58. The van der Waals surface area contributed by atoms with E-state index in [0.717, 1.165) is 12.8 Å². The Balaban J connectivity index is 1.94. The van der Waals surface area contributed by atoms with E-state index >= 15 is 0 Å². The second-order valence-corrected chi connectivity index (χ2v) is 5.35. The van der Waals surface area contributed by atoms with E-state index in [1.165, 1.54) is 24.1 Å². The Hall–Kier alpha value is -1.02. The first-order valence-electron chi connectivity index (χ1n) is 6.81. The largest absolute Gasteiger partial charge is 0.382 e. The Bertz CT molecular complexity index is 344. The Morgan fingerprint density at radius 2 is 2.00 bits per heavy atom. The lowest BCUT2D eigenvalue weighted by atomic mass is 9.98. The minimum Gasteiger partial charge on any atom is -0.382 e. The molecule has 0 radical (unpaired) electrons. The van der Waals surface area contributed by atoms with Crippen molar-refractivity contribution in [3.63, 3.8) is 0 Å². The summed E-state index contributed by atoms with van der Waals surface area (Å²) in [4.78, 5) is 0. The van der Waals surface area contributed by atoms with Crippen molar-refractivity contribution in [3.8, 4) is 0 Å². The minimum absolute atomic E-state index is 0.395. The van der Waals surface area contributed by atoms with E-state index in [2.05, 4.69) is 43.4 Å². The maximum absolute atomic E-state index is 5.92. The molecular formula is C15H24N2. The molecule has 1 saturated carbocycles. The Labute approximate surface area is 105 Å². The van der Waals surface area contributed by atoms with Crippen molar-refractivity contribution in [1.82, 2.24) is 0 Å². The molecule has 94 valence electrons. The SMILES string of the molecule is CCC(C)c1ccc(NC2CCC(N)C2)cc1. The zero-order chi connectivity index (χ0) is 12.3. The average Bonchev–Trinajstić information content (AvgIpc) is 2.75. The highest BCUT2D eigenvalue weighted by molar-refractivity contribution is 5.46. The number of hydrogen-bond acceptors (Lipinski definition) is 2. The zero-order valence-electron chi connectivity index (χ0n) is 10.9. The maximum atomic E-state index is 5.92. The summed E-state index contributed by atoms with van der Waals surface area (Å²) < 4.78 is 0. The summed E-state index contributed by atoms with van der Waals surface area (Å²) in [6.45, 7) is 4.51. The van der Waals surface area contributed by atoms with Gasteiger partial charge in [-0.05, 0) is 49.3 Å². The fourth-order valence-electron chi connectivity index (χ4n) is 2.53. The number of rotatable bonds is 4. The summed E-state index contributed by atoms with van der Waals surface area (Å²) >= 11 is 0. The van der Waals surface area contributed by atoms with E-state index in [0.29, 0.717) is 18.0 Å². The van der Waals surface area contributed by atoms with Crippen LogP contribution in [0.2, 0.25) is 0 Å². The van der Waals surface area contributed by atoms with Gasteiger partial charge in [-0.25, -0.2) is 0 Å². The smallest absolute Gasteiger partial charge is 0.0342 e. The Morgan fingerprint density at radius 1 is 1.29 bits per heavy atom. The molecule has 3 unspecified atom stereocenters. The third-order valence-corrected chi connectivity index (χ3v) is 3.94. The standard InChI is InChI=1S/C15H24N2/c1-3-11(2)12-4-7-14(8-5-12)17-15-9-6-13(16)10-15/h4-5,7-8,11,13,15,17H,3,6,9-10,16H2,1-2H3. The van der Waals surface area contributed by atoms with Crippen LogP contribution in [0.3, 0.4) is 0 Å². The van der Waals surface area contributed by atoms with Crippen LogP contribution in [0, 0.1) is 0 Å². The quantitative estimate of drug-likeness (QED) is 0.834. The molecule has 2 rings (SSSR count). The first-order chi connectivity index (χ1) is 8.19. The van der Waals surface area contributed by atoms with E-state index in [9.17, 15) is 0 Å². The van der Waals surface area contributed by atoms with Crippen LogP contribution in [0.1, 0.15) is 51.0 Å². The molecule has 0 saturated heterocycles. The van der Waals surface area contributed by atoms with Crippen molar-refractivity contribution >= 4 is 5.69 Å².